The smallest absolute Gasteiger partial charge is 0.330 e. The van der Waals surface area contributed by atoms with E-state index in [2.05, 4.69) is 42.5 Å². The Kier molecular flexibility index (Phi) is 5.31. The lowest BCUT2D eigenvalue weighted by Crippen LogP contribution is -2.06. The average molecular weight is 391 g/mol. The second-order valence-corrected chi connectivity index (χ2v) is 7.74. The first kappa shape index (κ1) is 18.5. The van der Waals surface area contributed by atoms with Crippen molar-refractivity contribution < 1.29 is 14.3 Å². The van der Waals surface area contributed by atoms with Crippen LogP contribution >= 0.6 is 11.3 Å². The maximum atomic E-state index is 11.9. The normalized spacial score (nSPS) is 13.8. The molecule has 0 atom stereocenters. The summed E-state index contributed by atoms with van der Waals surface area (Å²) < 4.78 is 11.7. The summed E-state index contributed by atoms with van der Waals surface area (Å²) in [5.41, 5.74) is 4.85. The topological polar surface area (TPSA) is 35.5 Å². The predicted molar refractivity (Wildman–Crippen MR) is 115 cm³/mol. The molecule has 0 saturated heterocycles. The van der Waals surface area contributed by atoms with Crippen LogP contribution in [0.15, 0.2) is 66.3 Å². The van der Waals surface area contributed by atoms with Gasteiger partial charge in [0, 0.05) is 21.2 Å². The number of benzene rings is 2. The van der Waals surface area contributed by atoms with Crippen molar-refractivity contribution >= 4 is 33.0 Å². The molecular formula is C24H22O3S. The monoisotopic (exact) mass is 390 g/mol. The number of fused-ring (bicyclic) bond motifs is 2. The largest absolute Gasteiger partial charge is 0.497 e. The maximum Gasteiger partial charge on any atom is 0.330 e. The number of aryl methyl sites for hydroxylation is 1. The summed E-state index contributed by atoms with van der Waals surface area (Å²) in [7, 11) is 1.70. The van der Waals surface area contributed by atoms with Gasteiger partial charge in [0.05, 0.1) is 13.7 Å². The van der Waals surface area contributed by atoms with E-state index in [0.717, 1.165) is 24.2 Å². The van der Waals surface area contributed by atoms with Crippen LogP contribution in [-0.2, 0) is 16.0 Å². The van der Waals surface area contributed by atoms with E-state index < -0.39 is 0 Å². The van der Waals surface area contributed by atoms with Gasteiger partial charge in [-0.3, -0.25) is 0 Å². The Hall–Kier alpha value is -2.85. The molecule has 0 unspecified atom stereocenters. The van der Waals surface area contributed by atoms with Crippen molar-refractivity contribution in [1.82, 2.24) is 0 Å². The van der Waals surface area contributed by atoms with Crippen molar-refractivity contribution in [3.63, 3.8) is 0 Å². The van der Waals surface area contributed by atoms with E-state index in [1.54, 1.807) is 24.5 Å². The van der Waals surface area contributed by atoms with Crippen LogP contribution < -0.4 is 4.74 Å². The SMILES string of the molecule is CCOC(=O)/C=C/C1=C(c2cc3ccccc3s2)c2ccc(OC)cc2CC1. The standard InChI is InChI=1S/C24H22O3S/c1-3-27-23(25)13-10-16-8-9-17-14-19(26-2)11-12-20(17)24(16)22-15-18-6-4-5-7-21(18)28-22/h4-7,10-15H,3,8-9H2,1-2H3/b13-10+. The Labute approximate surface area is 168 Å². The molecule has 0 aliphatic heterocycles. The van der Waals surface area contributed by atoms with E-state index in [0.29, 0.717) is 6.61 Å². The van der Waals surface area contributed by atoms with Crippen LogP contribution in [0.25, 0.3) is 15.7 Å². The number of methoxy groups -OCH3 is 1. The van der Waals surface area contributed by atoms with Crippen LogP contribution in [0, 0.1) is 0 Å². The van der Waals surface area contributed by atoms with Crippen molar-refractivity contribution in [3.8, 4) is 5.75 Å². The summed E-state index contributed by atoms with van der Waals surface area (Å²) in [5, 5.41) is 1.24. The van der Waals surface area contributed by atoms with Crippen LogP contribution in [-0.4, -0.2) is 19.7 Å². The molecule has 0 amide bonds. The van der Waals surface area contributed by atoms with Crippen molar-refractivity contribution in [3.05, 3.63) is 82.3 Å². The molecule has 0 radical (unpaired) electrons. The maximum absolute atomic E-state index is 11.9. The minimum absolute atomic E-state index is 0.300. The average Bonchev–Trinajstić information content (AvgIpc) is 3.15. The zero-order chi connectivity index (χ0) is 19.5. The van der Waals surface area contributed by atoms with Crippen LogP contribution in [0.1, 0.15) is 29.3 Å². The van der Waals surface area contributed by atoms with Crippen molar-refractivity contribution in [2.75, 3.05) is 13.7 Å². The van der Waals surface area contributed by atoms with E-state index in [1.807, 2.05) is 19.1 Å². The number of ether oxygens (including phenoxy) is 2. The second-order valence-electron chi connectivity index (χ2n) is 6.66. The molecule has 142 valence electrons. The van der Waals surface area contributed by atoms with Gasteiger partial charge in [0.2, 0.25) is 0 Å². The molecule has 2 aromatic carbocycles. The Balaban J connectivity index is 1.86. The summed E-state index contributed by atoms with van der Waals surface area (Å²) in [4.78, 5) is 13.1. The van der Waals surface area contributed by atoms with Gasteiger partial charge in [-0.2, -0.15) is 0 Å². The Morgan fingerprint density at radius 2 is 2.00 bits per heavy atom. The molecule has 1 heterocycles. The fraction of sp³-hybridized carbons (Fsp3) is 0.208. The number of carbonyl (C=O) groups excluding carboxylic acids is 1. The quantitative estimate of drug-likeness (QED) is 0.409. The molecule has 3 aromatic rings. The fourth-order valence-corrected chi connectivity index (χ4v) is 4.79. The van der Waals surface area contributed by atoms with Gasteiger partial charge in [-0.25, -0.2) is 4.79 Å². The zero-order valence-corrected chi connectivity index (χ0v) is 16.8. The Morgan fingerprint density at radius 3 is 2.79 bits per heavy atom. The lowest BCUT2D eigenvalue weighted by Gasteiger charge is -2.22. The molecule has 4 heteroatoms. The summed E-state index contributed by atoms with van der Waals surface area (Å²) in [5.74, 6) is 0.575. The summed E-state index contributed by atoms with van der Waals surface area (Å²) in [6, 6.07) is 16.9. The highest BCUT2D eigenvalue weighted by Crippen LogP contribution is 2.42. The van der Waals surface area contributed by atoms with Gasteiger partial charge >= 0.3 is 5.97 Å². The molecule has 0 fully saturated rings. The molecule has 3 nitrogen and oxygen atoms in total. The zero-order valence-electron chi connectivity index (χ0n) is 16.0. The van der Waals surface area contributed by atoms with Gasteiger partial charge in [0.25, 0.3) is 0 Å². The van der Waals surface area contributed by atoms with E-state index in [-0.39, 0.29) is 5.97 Å². The van der Waals surface area contributed by atoms with Gasteiger partial charge in [-0.1, -0.05) is 30.3 Å². The van der Waals surface area contributed by atoms with Crippen molar-refractivity contribution in [1.29, 1.82) is 0 Å². The molecule has 4 rings (SSSR count). The van der Waals surface area contributed by atoms with E-state index in [9.17, 15) is 4.79 Å². The first-order valence-corrected chi connectivity index (χ1v) is 10.3. The molecule has 0 N–H and O–H groups in total. The Bertz CT molecular complexity index is 1060. The second kappa shape index (κ2) is 8.03. The van der Waals surface area contributed by atoms with Crippen LogP contribution in [0.3, 0.4) is 0 Å². The third kappa shape index (κ3) is 3.60. The summed E-state index contributed by atoms with van der Waals surface area (Å²) in [6.07, 6.45) is 5.26. The Morgan fingerprint density at radius 1 is 1.14 bits per heavy atom. The first-order chi connectivity index (χ1) is 13.7. The molecule has 1 aliphatic carbocycles. The number of hydrogen-bond donors (Lipinski definition) is 0. The van der Waals surface area contributed by atoms with E-state index in [4.69, 9.17) is 9.47 Å². The third-order valence-corrected chi connectivity index (χ3v) is 6.08. The molecule has 28 heavy (non-hydrogen) atoms. The highest BCUT2D eigenvalue weighted by Gasteiger charge is 2.21. The number of esters is 1. The number of allylic oxidation sites excluding steroid dienone is 2. The molecule has 0 bridgehead atoms. The van der Waals surface area contributed by atoms with Crippen LogP contribution in [0.4, 0.5) is 0 Å². The number of carbonyl (C=O) groups is 1. The van der Waals surface area contributed by atoms with Gasteiger partial charge in [-0.05, 0) is 66.1 Å². The molecule has 1 aliphatic rings. The predicted octanol–water partition coefficient (Wildman–Crippen LogP) is 5.78. The molecule has 1 aromatic heterocycles. The van der Waals surface area contributed by atoms with Gasteiger partial charge in [0.1, 0.15) is 5.75 Å². The van der Waals surface area contributed by atoms with Gasteiger partial charge in [0.15, 0.2) is 0 Å². The lowest BCUT2D eigenvalue weighted by molar-refractivity contribution is -0.137. The van der Waals surface area contributed by atoms with Crippen LogP contribution in [0.2, 0.25) is 0 Å². The van der Waals surface area contributed by atoms with Crippen molar-refractivity contribution in [2.45, 2.75) is 19.8 Å². The van der Waals surface area contributed by atoms with E-state index >= 15 is 0 Å². The minimum Gasteiger partial charge on any atom is -0.497 e. The first-order valence-electron chi connectivity index (χ1n) is 9.44. The number of rotatable bonds is 5. The summed E-state index contributed by atoms with van der Waals surface area (Å²) in [6.45, 7) is 2.20. The van der Waals surface area contributed by atoms with Crippen molar-refractivity contribution in [2.24, 2.45) is 0 Å². The molecular weight excluding hydrogens is 368 g/mol. The fourth-order valence-electron chi connectivity index (χ4n) is 3.64. The number of hydrogen-bond acceptors (Lipinski definition) is 4. The van der Waals surface area contributed by atoms with Crippen LogP contribution in [0.5, 0.6) is 5.75 Å². The molecule has 0 spiro atoms. The highest BCUT2D eigenvalue weighted by atomic mass is 32.1. The summed E-state index contributed by atoms with van der Waals surface area (Å²) >= 11 is 1.79. The number of thiophene rings is 1. The van der Waals surface area contributed by atoms with Gasteiger partial charge in [-0.15, -0.1) is 11.3 Å². The minimum atomic E-state index is -0.300. The lowest BCUT2D eigenvalue weighted by atomic mass is 9.84. The third-order valence-electron chi connectivity index (χ3n) is 4.95. The van der Waals surface area contributed by atoms with Gasteiger partial charge < -0.3 is 9.47 Å². The highest BCUT2D eigenvalue weighted by molar-refractivity contribution is 7.20. The van der Waals surface area contributed by atoms with E-state index in [1.165, 1.54) is 31.7 Å². The molecule has 0 saturated carbocycles.